The van der Waals surface area contributed by atoms with Gasteiger partial charge >= 0.3 is 0 Å². The molecule has 0 atom stereocenters. The summed E-state index contributed by atoms with van der Waals surface area (Å²) in [6.07, 6.45) is 8.14. The molecule has 0 radical (unpaired) electrons. The first-order valence-electron chi connectivity index (χ1n) is 11.5. The van der Waals surface area contributed by atoms with Crippen LogP contribution in [-0.4, -0.2) is 44.3 Å². The summed E-state index contributed by atoms with van der Waals surface area (Å²) in [6, 6.07) is 14.1. The van der Waals surface area contributed by atoms with Gasteiger partial charge in [0.2, 0.25) is 11.9 Å². The zero-order valence-electron chi connectivity index (χ0n) is 18.7. The molecule has 8 heteroatoms. The lowest BCUT2D eigenvalue weighted by atomic mass is 9.65. The second kappa shape index (κ2) is 7.99. The average Bonchev–Trinajstić information content (AvgIpc) is 3.62. The normalized spacial score (nSPS) is 21.6. The Hall–Kier alpha value is -3.65. The molecule has 7 nitrogen and oxygen atoms in total. The van der Waals surface area contributed by atoms with Crippen LogP contribution in [0.2, 0.25) is 0 Å². The second-order valence-corrected chi connectivity index (χ2v) is 10.4. The van der Waals surface area contributed by atoms with Crippen molar-refractivity contribution in [2.75, 3.05) is 18.4 Å². The molecule has 34 heavy (non-hydrogen) atoms. The fourth-order valence-electron chi connectivity index (χ4n) is 5.47. The first-order valence-corrected chi connectivity index (χ1v) is 12.3. The molecule has 1 aliphatic heterocycles. The van der Waals surface area contributed by atoms with Gasteiger partial charge < -0.3 is 14.5 Å². The van der Waals surface area contributed by atoms with Crippen molar-refractivity contribution in [1.82, 2.24) is 19.4 Å². The maximum absolute atomic E-state index is 13.1. The van der Waals surface area contributed by atoms with Crippen LogP contribution in [0.5, 0.6) is 0 Å². The van der Waals surface area contributed by atoms with Crippen molar-refractivity contribution >= 4 is 40.1 Å². The predicted octanol–water partition coefficient (Wildman–Crippen LogP) is 5.08. The van der Waals surface area contributed by atoms with E-state index >= 15 is 0 Å². The van der Waals surface area contributed by atoms with Crippen molar-refractivity contribution in [1.29, 1.82) is 0 Å². The van der Waals surface area contributed by atoms with Gasteiger partial charge in [-0.2, -0.15) is 0 Å². The van der Waals surface area contributed by atoms with Gasteiger partial charge in [-0.1, -0.05) is 18.7 Å². The summed E-state index contributed by atoms with van der Waals surface area (Å²) in [5.41, 5.74) is 3.10. The van der Waals surface area contributed by atoms with Gasteiger partial charge in [-0.25, -0.2) is 4.98 Å². The van der Waals surface area contributed by atoms with Gasteiger partial charge in [0.1, 0.15) is 0 Å². The number of hydrogen-bond acceptors (Lipinski definition) is 4. The predicted molar refractivity (Wildman–Crippen MR) is 134 cm³/mol. The third kappa shape index (κ3) is 3.45. The number of rotatable bonds is 5. The molecule has 2 amide bonds. The monoisotopic (exact) mass is 471 g/mol. The van der Waals surface area contributed by atoms with Gasteiger partial charge in [-0.3, -0.25) is 14.9 Å². The molecule has 6 rings (SSSR count). The molecule has 4 heterocycles. The number of nitrogens with one attached hydrogen (secondary N) is 2. The SMILES string of the molecule is C=CC(=O)N1CCC2(CC(n3c(NC(=O)c4ccc(-c5cc[nH]c5)s4)nc4ccccc43)C2)C1. The van der Waals surface area contributed by atoms with E-state index in [0.717, 1.165) is 53.8 Å². The minimum absolute atomic E-state index is 0.0105. The largest absolute Gasteiger partial charge is 0.367 e. The Bertz CT molecular complexity index is 1390. The van der Waals surface area contributed by atoms with Crippen molar-refractivity contribution < 1.29 is 9.59 Å². The Balaban J connectivity index is 1.25. The summed E-state index contributed by atoms with van der Waals surface area (Å²) < 4.78 is 2.18. The van der Waals surface area contributed by atoms with Crippen LogP contribution in [0.4, 0.5) is 5.95 Å². The molecular formula is C26H25N5O2S. The number of carbonyl (C=O) groups excluding carboxylic acids is 2. The number of carbonyl (C=O) groups is 2. The standard InChI is InChI=1S/C26H25N5O2S/c1-2-23(32)30-12-10-26(16-30)13-18(14-26)31-20-6-4-3-5-19(20)28-25(31)29-24(33)22-8-7-21(34-22)17-9-11-27-15-17/h2-9,11,15,18,27H,1,10,12-14,16H2,(H,28,29,33). The smallest absolute Gasteiger partial charge is 0.268 e. The van der Waals surface area contributed by atoms with E-state index in [1.54, 1.807) is 0 Å². The van der Waals surface area contributed by atoms with Crippen LogP contribution >= 0.6 is 11.3 Å². The van der Waals surface area contributed by atoms with Gasteiger partial charge in [0.15, 0.2) is 0 Å². The Labute approximate surface area is 201 Å². The van der Waals surface area contributed by atoms with Crippen molar-refractivity contribution in [3.05, 3.63) is 72.4 Å². The zero-order chi connectivity index (χ0) is 23.3. The van der Waals surface area contributed by atoms with Gasteiger partial charge in [0.25, 0.3) is 5.91 Å². The van der Waals surface area contributed by atoms with E-state index < -0.39 is 0 Å². The number of fused-ring (bicyclic) bond motifs is 1. The number of aromatic nitrogens is 3. The van der Waals surface area contributed by atoms with Crippen LogP contribution in [0, 0.1) is 5.41 Å². The van der Waals surface area contributed by atoms with Crippen LogP contribution in [0.15, 0.2) is 67.5 Å². The van der Waals surface area contributed by atoms with E-state index in [0.29, 0.717) is 10.8 Å². The zero-order valence-corrected chi connectivity index (χ0v) is 19.5. The number of benzene rings is 1. The van der Waals surface area contributed by atoms with Crippen LogP contribution in [-0.2, 0) is 4.79 Å². The number of hydrogen-bond donors (Lipinski definition) is 2. The lowest BCUT2D eigenvalue weighted by Gasteiger charge is -2.46. The summed E-state index contributed by atoms with van der Waals surface area (Å²) in [5.74, 6) is 0.442. The summed E-state index contributed by atoms with van der Waals surface area (Å²) in [6.45, 7) is 5.19. The quantitative estimate of drug-likeness (QED) is 0.398. The Kier molecular flexibility index (Phi) is 4.91. The van der Waals surface area contributed by atoms with Crippen molar-refractivity contribution in [3.8, 4) is 10.4 Å². The first-order chi connectivity index (χ1) is 16.5. The van der Waals surface area contributed by atoms with E-state index in [2.05, 4.69) is 27.5 Å². The lowest BCUT2D eigenvalue weighted by Crippen LogP contribution is -2.42. The molecular weight excluding hydrogens is 446 g/mol. The maximum Gasteiger partial charge on any atom is 0.268 e. The molecule has 172 valence electrons. The Morgan fingerprint density at radius 3 is 2.85 bits per heavy atom. The van der Waals surface area contributed by atoms with Crippen LogP contribution in [0.25, 0.3) is 21.5 Å². The fourth-order valence-corrected chi connectivity index (χ4v) is 6.36. The second-order valence-electron chi connectivity index (χ2n) is 9.29. The molecule has 1 aromatic carbocycles. The highest BCUT2D eigenvalue weighted by atomic mass is 32.1. The average molecular weight is 472 g/mol. The van der Waals surface area contributed by atoms with Gasteiger partial charge in [0, 0.05) is 42.0 Å². The minimum Gasteiger partial charge on any atom is -0.367 e. The fraction of sp³-hybridized carbons (Fsp3) is 0.269. The maximum atomic E-state index is 13.1. The van der Waals surface area contributed by atoms with E-state index in [9.17, 15) is 9.59 Å². The first kappa shape index (κ1) is 20.9. The summed E-state index contributed by atoms with van der Waals surface area (Å²) in [7, 11) is 0. The van der Waals surface area contributed by atoms with Crippen molar-refractivity contribution in [2.24, 2.45) is 5.41 Å². The number of imidazole rings is 1. The van der Waals surface area contributed by atoms with E-state index in [4.69, 9.17) is 4.98 Å². The lowest BCUT2D eigenvalue weighted by molar-refractivity contribution is -0.125. The number of H-pyrrole nitrogens is 1. The molecule has 4 aromatic rings. The van der Waals surface area contributed by atoms with E-state index in [1.165, 1.54) is 17.4 Å². The molecule has 2 fully saturated rings. The van der Waals surface area contributed by atoms with Crippen LogP contribution in [0.3, 0.4) is 0 Å². The Morgan fingerprint density at radius 1 is 1.21 bits per heavy atom. The number of aromatic amines is 1. The molecule has 2 N–H and O–H groups in total. The highest BCUT2D eigenvalue weighted by Gasteiger charge is 2.50. The molecule has 0 bridgehead atoms. The van der Waals surface area contributed by atoms with Crippen LogP contribution < -0.4 is 5.32 Å². The molecule has 1 spiro atoms. The van der Waals surface area contributed by atoms with Gasteiger partial charge in [0.05, 0.1) is 15.9 Å². The van der Waals surface area contributed by atoms with E-state index in [1.807, 2.05) is 53.7 Å². The minimum atomic E-state index is -0.152. The molecule has 1 aliphatic carbocycles. The molecule has 1 saturated carbocycles. The third-order valence-corrected chi connectivity index (χ3v) is 8.29. The van der Waals surface area contributed by atoms with Crippen molar-refractivity contribution in [3.63, 3.8) is 0 Å². The number of likely N-dealkylation sites (tertiary alicyclic amines) is 1. The molecule has 0 unspecified atom stereocenters. The highest BCUT2D eigenvalue weighted by molar-refractivity contribution is 7.17. The number of thiophene rings is 1. The Morgan fingerprint density at radius 2 is 2.06 bits per heavy atom. The number of anilines is 1. The topological polar surface area (TPSA) is 83.0 Å². The molecule has 2 aliphatic rings. The number of amides is 2. The van der Waals surface area contributed by atoms with Crippen LogP contribution in [0.1, 0.15) is 35.0 Å². The van der Waals surface area contributed by atoms with Gasteiger partial charge in [-0.15, -0.1) is 11.3 Å². The summed E-state index contributed by atoms with van der Waals surface area (Å²) in [5, 5.41) is 3.08. The van der Waals surface area contributed by atoms with E-state index in [-0.39, 0.29) is 23.3 Å². The third-order valence-electron chi connectivity index (χ3n) is 7.16. The molecule has 3 aromatic heterocycles. The molecule has 1 saturated heterocycles. The summed E-state index contributed by atoms with van der Waals surface area (Å²) in [4.78, 5) is 36.6. The number of nitrogens with zero attached hydrogens (tertiary/aromatic N) is 3. The highest BCUT2D eigenvalue weighted by Crippen LogP contribution is 2.55. The van der Waals surface area contributed by atoms with Gasteiger partial charge in [-0.05, 0) is 61.1 Å². The van der Waals surface area contributed by atoms with Crippen molar-refractivity contribution in [2.45, 2.75) is 25.3 Å². The summed E-state index contributed by atoms with van der Waals surface area (Å²) >= 11 is 1.46. The number of para-hydroxylation sites is 2.